The second kappa shape index (κ2) is 8.07. The molecule has 0 spiro atoms. The number of amides is 1. The molecule has 2 atom stereocenters. The first-order valence-electron chi connectivity index (χ1n) is 8.36. The molecule has 1 amide bonds. The zero-order chi connectivity index (χ0) is 20.2. The summed E-state index contributed by atoms with van der Waals surface area (Å²) in [5.74, 6) is -1.81. The third-order valence-corrected chi connectivity index (χ3v) is 4.70. The molecular formula is C16H22F3N5O3. The third-order valence-electron chi connectivity index (χ3n) is 4.70. The number of aromatic nitrogens is 2. The van der Waals surface area contributed by atoms with Crippen LogP contribution in [0.25, 0.3) is 0 Å². The van der Waals surface area contributed by atoms with Gasteiger partial charge in [-0.25, -0.2) is 14.8 Å². The van der Waals surface area contributed by atoms with E-state index in [0.29, 0.717) is 0 Å². The minimum Gasteiger partial charge on any atom is -0.475 e. The average Bonchev–Trinajstić information content (AvgIpc) is 3.06. The first kappa shape index (κ1) is 20.9. The minimum atomic E-state index is -5.08. The number of carbonyl (C=O) groups excluding carboxylic acids is 1. The Hall–Kier alpha value is -2.43. The highest BCUT2D eigenvalue weighted by molar-refractivity contribution is 5.85. The maximum absolute atomic E-state index is 12.7. The van der Waals surface area contributed by atoms with Gasteiger partial charge in [-0.2, -0.15) is 13.2 Å². The van der Waals surface area contributed by atoms with Crippen molar-refractivity contribution in [2.45, 2.75) is 25.1 Å². The fraction of sp³-hybridized carbons (Fsp3) is 0.625. The van der Waals surface area contributed by atoms with Crippen LogP contribution in [0.4, 0.5) is 19.1 Å². The average molecular weight is 389 g/mol. The van der Waals surface area contributed by atoms with E-state index in [-0.39, 0.29) is 17.4 Å². The van der Waals surface area contributed by atoms with E-state index in [1.54, 1.807) is 17.3 Å². The highest BCUT2D eigenvalue weighted by Crippen LogP contribution is 2.40. The van der Waals surface area contributed by atoms with Crippen LogP contribution in [0, 0.1) is 5.41 Å². The molecule has 150 valence electrons. The number of piperidine rings is 1. The van der Waals surface area contributed by atoms with E-state index < -0.39 is 12.1 Å². The fourth-order valence-corrected chi connectivity index (χ4v) is 3.58. The van der Waals surface area contributed by atoms with Gasteiger partial charge in [0.15, 0.2) is 0 Å². The van der Waals surface area contributed by atoms with Crippen LogP contribution in [0.1, 0.15) is 12.8 Å². The Kier molecular flexibility index (Phi) is 6.24. The molecule has 0 aromatic carbocycles. The quantitative estimate of drug-likeness (QED) is 0.770. The number of fused-ring (bicyclic) bond motifs is 1. The zero-order valence-corrected chi connectivity index (χ0v) is 15.0. The number of aliphatic carboxylic acids is 1. The first-order valence-corrected chi connectivity index (χ1v) is 8.36. The zero-order valence-electron chi connectivity index (χ0n) is 15.0. The van der Waals surface area contributed by atoms with Gasteiger partial charge >= 0.3 is 12.1 Å². The van der Waals surface area contributed by atoms with E-state index in [0.717, 1.165) is 38.4 Å². The number of carboxylic acids is 1. The lowest BCUT2D eigenvalue weighted by Gasteiger charge is -2.45. The summed E-state index contributed by atoms with van der Waals surface area (Å²) in [6.07, 6.45) is 0.366. The summed E-state index contributed by atoms with van der Waals surface area (Å²) in [7, 11) is 3.68. The molecule has 0 bridgehead atoms. The van der Waals surface area contributed by atoms with Gasteiger partial charge in [-0.3, -0.25) is 4.79 Å². The molecule has 2 N–H and O–H groups in total. The third kappa shape index (κ3) is 4.46. The van der Waals surface area contributed by atoms with Crippen LogP contribution < -0.4 is 10.2 Å². The maximum atomic E-state index is 12.7. The van der Waals surface area contributed by atoms with Gasteiger partial charge in [-0.05, 0) is 18.9 Å². The Morgan fingerprint density at radius 1 is 1.33 bits per heavy atom. The van der Waals surface area contributed by atoms with E-state index in [1.807, 2.05) is 20.2 Å². The Bertz CT molecular complexity index is 671. The first-order chi connectivity index (χ1) is 12.6. The molecular weight excluding hydrogens is 367 g/mol. The van der Waals surface area contributed by atoms with Gasteiger partial charge in [0.05, 0.1) is 11.5 Å². The molecule has 27 heavy (non-hydrogen) atoms. The SMILES string of the molecule is CN(C)C(=O)[C@@]12CCCN(c3ncccn3)[C@@H]1CNC2.O=C(O)C(F)(F)F. The number of rotatable bonds is 2. The molecule has 1 aromatic heterocycles. The van der Waals surface area contributed by atoms with E-state index in [9.17, 15) is 18.0 Å². The molecule has 0 aliphatic carbocycles. The molecule has 11 heteroatoms. The van der Waals surface area contributed by atoms with Crippen LogP contribution in [0.5, 0.6) is 0 Å². The molecule has 0 saturated carbocycles. The van der Waals surface area contributed by atoms with Crippen molar-refractivity contribution in [2.75, 3.05) is 38.6 Å². The van der Waals surface area contributed by atoms with Crippen molar-refractivity contribution in [2.24, 2.45) is 5.41 Å². The second-order valence-corrected chi connectivity index (χ2v) is 6.65. The number of carboxylic acid groups (broad SMARTS) is 1. The molecule has 3 heterocycles. The number of hydrogen-bond acceptors (Lipinski definition) is 6. The number of hydrogen-bond donors (Lipinski definition) is 2. The Morgan fingerprint density at radius 3 is 2.44 bits per heavy atom. The van der Waals surface area contributed by atoms with Crippen molar-refractivity contribution >= 4 is 17.8 Å². The summed E-state index contributed by atoms with van der Waals surface area (Å²) in [5.41, 5.74) is -0.332. The van der Waals surface area contributed by atoms with Gasteiger partial charge in [-0.15, -0.1) is 0 Å². The fourth-order valence-electron chi connectivity index (χ4n) is 3.58. The summed E-state index contributed by atoms with van der Waals surface area (Å²) in [6.45, 7) is 2.48. The van der Waals surface area contributed by atoms with Crippen LogP contribution >= 0.6 is 0 Å². The molecule has 2 fully saturated rings. The number of carbonyl (C=O) groups is 2. The van der Waals surface area contributed by atoms with Gasteiger partial charge in [0.1, 0.15) is 0 Å². The number of nitrogens with one attached hydrogen (secondary N) is 1. The van der Waals surface area contributed by atoms with E-state index in [2.05, 4.69) is 20.2 Å². The van der Waals surface area contributed by atoms with Crippen molar-refractivity contribution < 1.29 is 27.9 Å². The van der Waals surface area contributed by atoms with E-state index in [1.165, 1.54) is 0 Å². The van der Waals surface area contributed by atoms with Gasteiger partial charge in [-0.1, -0.05) is 0 Å². The van der Waals surface area contributed by atoms with Gasteiger partial charge in [0.2, 0.25) is 11.9 Å². The largest absolute Gasteiger partial charge is 0.490 e. The molecule has 2 saturated heterocycles. The number of nitrogens with zero attached hydrogens (tertiary/aromatic N) is 4. The molecule has 2 aliphatic heterocycles. The summed E-state index contributed by atoms with van der Waals surface area (Å²) in [6, 6.07) is 1.96. The second-order valence-electron chi connectivity index (χ2n) is 6.65. The van der Waals surface area contributed by atoms with Crippen molar-refractivity contribution in [1.29, 1.82) is 0 Å². The molecule has 8 nitrogen and oxygen atoms in total. The van der Waals surface area contributed by atoms with Gasteiger partial charge in [0.25, 0.3) is 0 Å². The molecule has 0 unspecified atom stereocenters. The van der Waals surface area contributed by atoms with Crippen LogP contribution in [0.15, 0.2) is 18.5 Å². The monoisotopic (exact) mass is 389 g/mol. The predicted molar refractivity (Wildman–Crippen MR) is 90.1 cm³/mol. The topological polar surface area (TPSA) is 98.7 Å². The van der Waals surface area contributed by atoms with Gasteiger partial charge in [0, 0.05) is 46.1 Å². The number of alkyl halides is 3. The Labute approximate surface area is 154 Å². The lowest BCUT2D eigenvalue weighted by Crippen LogP contribution is -2.58. The molecule has 3 rings (SSSR count). The Morgan fingerprint density at radius 2 is 1.93 bits per heavy atom. The standard InChI is InChI=1S/C14H21N5O.C2HF3O2/c1-18(2)12(20)14-5-3-8-19(11(14)9-15-10-14)13-16-6-4-7-17-13;3-2(4,5)1(6)7/h4,6-7,11,15H,3,5,8-10H2,1-2H3;(H,6,7)/t11-,14-;/m1./s1. The van der Waals surface area contributed by atoms with E-state index >= 15 is 0 Å². The van der Waals surface area contributed by atoms with Crippen molar-refractivity contribution in [3.05, 3.63) is 18.5 Å². The molecule has 2 aliphatic rings. The highest BCUT2D eigenvalue weighted by Gasteiger charge is 2.54. The maximum Gasteiger partial charge on any atom is 0.490 e. The number of anilines is 1. The summed E-state index contributed by atoms with van der Waals surface area (Å²) in [4.78, 5) is 34.2. The van der Waals surface area contributed by atoms with Crippen LogP contribution in [-0.4, -0.2) is 77.8 Å². The number of halogens is 3. The van der Waals surface area contributed by atoms with Gasteiger partial charge < -0.3 is 20.2 Å². The molecule has 0 radical (unpaired) electrons. The van der Waals surface area contributed by atoms with Crippen LogP contribution in [-0.2, 0) is 9.59 Å². The lowest BCUT2D eigenvalue weighted by molar-refractivity contribution is -0.192. The van der Waals surface area contributed by atoms with E-state index in [4.69, 9.17) is 9.90 Å². The van der Waals surface area contributed by atoms with Crippen molar-refractivity contribution in [3.63, 3.8) is 0 Å². The Balaban J connectivity index is 0.000000321. The summed E-state index contributed by atoms with van der Waals surface area (Å²) in [5, 5.41) is 10.5. The smallest absolute Gasteiger partial charge is 0.475 e. The van der Waals surface area contributed by atoms with Crippen LogP contribution in [0.3, 0.4) is 0 Å². The predicted octanol–water partition coefficient (Wildman–Crippen LogP) is 0.756. The summed E-state index contributed by atoms with van der Waals surface area (Å²) < 4.78 is 31.7. The lowest BCUT2D eigenvalue weighted by atomic mass is 9.74. The molecule has 1 aromatic rings. The summed E-state index contributed by atoms with van der Waals surface area (Å²) >= 11 is 0. The van der Waals surface area contributed by atoms with Crippen LogP contribution in [0.2, 0.25) is 0 Å². The normalized spacial score (nSPS) is 24.5. The minimum absolute atomic E-state index is 0.147. The highest BCUT2D eigenvalue weighted by atomic mass is 19.4. The van der Waals surface area contributed by atoms with Crippen molar-refractivity contribution in [3.8, 4) is 0 Å². The van der Waals surface area contributed by atoms with Crippen molar-refractivity contribution in [1.82, 2.24) is 20.2 Å².